The molecule has 0 aromatic heterocycles. The van der Waals surface area contributed by atoms with Crippen molar-refractivity contribution in [3.8, 4) is 28.7 Å². The molecule has 1 aliphatic heterocycles. The largest absolute Gasteiger partial charge is 0.497 e. The van der Waals surface area contributed by atoms with Crippen molar-refractivity contribution in [3.63, 3.8) is 0 Å². The highest BCUT2D eigenvalue weighted by Crippen LogP contribution is 2.37. The summed E-state index contributed by atoms with van der Waals surface area (Å²) in [4.78, 5) is 41.1. The fourth-order valence-corrected chi connectivity index (χ4v) is 4.82. The topological polar surface area (TPSA) is 115 Å². The summed E-state index contributed by atoms with van der Waals surface area (Å²) in [6, 6.07) is 27.0. The predicted octanol–water partition coefficient (Wildman–Crippen LogP) is 5.33. The minimum absolute atomic E-state index is 0.479. The fourth-order valence-electron chi connectivity index (χ4n) is 4.82. The Bertz CT molecular complexity index is 1540. The second kappa shape index (κ2) is 12.6. The third-order valence-electron chi connectivity index (χ3n) is 6.96. The van der Waals surface area contributed by atoms with Crippen LogP contribution in [-0.2, 0) is 15.1 Å². The lowest BCUT2D eigenvalue weighted by Crippen LogP contribution is -2.45. The Hall–Kier alpha value is -5.51. The standard InChI is InChI=1S/C33H31N3O7/c1-4-42-27-17-19-29(20-18-27)43-28-15-9-24(10-16-28)34-30(37)21-36-31(38)33(35-32(36)39,22-5-11-25(40-2)12-6-22)23-7-13-26(41-3)14-8-23/h5-20H,4,21H2,1-3H3,(H,34,37)(H,35,39). The second-order valence-corrected chi connectivity index (χ2v) is 9.61. The van der Waals surface area contributed by atoms with E-state index in [1.165, 1.54) is 0 Å². The van der Waals surface area contributed by atoms with Crippen molar-refractivity contribution in [2.75, 3.05) is 32.7 Å². The van der Waals surface area contributed by atoms with Crippen LogP contribution in [0.3, 0.4) is 0 Å². The number of methoxy groups -OCH3 is 2. The number of anilines is 1. The Labute approximate surface area is 249 Å². The summed E-state index contributed by atoms with van der Waals surface area (Å²) in [5, 5.41) is 5.58. The third kappa shape index (κ3) is 6.08. The van der Waals surface area contributed by atoms with Crippen LogP contribution < -0.4 is 29.6 Å². The van der Waals surface area contributed by atoms with Crippen molar-refractivity contribution in [1.82, 2.24) is 10.2 Å². The zero-order valence-electron chi connectivity index (χ0n) is 24.0. The molecule has 43 heavy (non-hydrogen) atoms. The van der Waals surface area contributed by atoms with E-state index in [9.17, 15) is 14.4 Å². The van der Waals surface area contributed by atoms with E-state index in [4.69, 9.17) is 18.9 Å². The lowest BCUT2D eigenvalue weighted by atomic mass is 9.82. The summed E-state index contributed by atoms with van der Waals surface area (Å²) in [6.45, 7) is 2.01. The van der Waals surface area contributed by atoms with E-state index in [-0.39, 0.29) is 0 Å². The normalized spacial score (nSPS) is 13.7. The zero-order valence-corrected chi connectivity index (χ0v) is 24.0. The summed E-state index contributed by atoms with van der Waals surface area (Å²) in [5.74, 6) is 2.03. The molecule has 0 radical (unpaired) electrons. The maximum Gasteiger partial charge on any atom is 0.326 e. The Morgan fingerprint density at radius 2 is 1.19 bits per heavy atom. The Kier molecular flexibility index (Phi) is 8.47. The summed E-state index contributed by atoms with van der Waals surface area (Å²) in [7, 11) is 3.08. The first kappa shape index (κ1) is 29.0. The molecule has 0 unspecified atom stereocenters. The fraction of sp³-hybridized carbons (Fsp3) is 0.182. The first-order valence-electron chi connectivity index (χ1n) is 13.6. The van der Waals surface area contributed by atoms with Crippen LogP contribution in [0.5, 0.6) is 28.7 Å². The molecule has 5 rings (SSSR count). The van der Waals surface area contributed by atoms with Gasteiger partial charge in [-0.3, -0.25) is 14.5 Å². The van der Waals surface area contributed by atoms with Gasteiger partial charge in [0.1, 0.15) is 35.3 Å². The third-order valence-corrected chi connectivity index (χ3v) is 6.96. The van der Waals surface area contributed by atoms with Crippen molar-refractivity contribution in [2.45, 2.75) is 12.5 Å². The summed E-state index contributed by atoms with van der Waals surface area (Å²) < 4.78 is 21.8. The molecule has 0 saturated carbocycles. The highest BCUT2D eigenvalue weighted by Gasteiger charge is 2.54. The van der Waals surface area contributed by atoms with Crippen molar-refractivity contribution in [1.29, 1.82) is 0 Å². The first-order chi connectivity index (χ1) is 20.9. The van der Waals surface area contributed by atoms with E-state index in [0.29, 0.717) is 46.4 Å². The second-order valence-electron chi connectivity index (χ2n) is 9.61. The average molecular weight is 582 g/mol. The molecule has 10 nitrogen and oxygen atoms in total. The van der Waals surface area contributed by atoms with Crippen LogP contribution in [0.15, 0.2) is 97.1 Å². The number of amides is 4. The van der Waals surface area contributed by atoms with E-state index < -0.39 is 29.9 Å². The summed E-state index contributed by atoms with van der Waals surface area (Å²) in [6.07, 6.45) is 0. The van der Waals surface area contributed by atoms with Gasteiger partial charge in [-0.2, -0.15) is 0 Å². The molecule has 4 aromatic rings. The molecule has 1 aliphatic rings. The number of benzene rings is 4. The molecule has 0 spiro atoms. The van der Waals surface area contributed by atoms with Crippen molar-refractivity contribution < 1.29 is 33.3 Å². The van der Waals surface area contributed by atoms with Gasteiger partial charge >= 0.3 is 6.03 Å². The molecule has 0 atom stereocenters. The minimum Gasteiger partial charge on any atom is -0.497 e. The number of urea groups is 1. The molecular formula is C33H31N3O7. The molecule has 220 valence electrons. The molecule has 2 N–H and O–H groups in total. The van der Waals surface area contributed by atoms with E-state index in [1.807, 2.05) is 19.1 Å². The van der Waals surface area contributed by atoms with Crippen LogP contribution in [0.2, 0.25) is 0 Å². The van der Waals surface area contributed by atoms with E-state index in [2.05, 4.69) is 10.6 Å². The van der Waals surface area contributed by atoms with Crippen LogP contribution in [0.25, 0.3) is 0 Å². The number of hydrogen-bond donors (Lipinski definition) is 2. The average Bonchev–Trinajstić information content (AvgIpc) is 3.28. The Balaban J connectivity index is 1.30. The van der Waals surface area contributed by atoms with Crippen LogP contribution in [0, 0.1) is 0 Å². The van der Waals surface area contributed by atoms with Crippen molar-refractivity contribution in [3.05, 3.63) is 108 Å². The highest BCUT2D eigenvalue weighted by atomic mass is 16.5. The van der Waals surface area contributed by atoms with Gasteiger partial charge < -0.3 is 29.6 Å². The number of rotatable bonds is 11. The van der Waals surface area contributed by atoms with E-state index >= 15 is 0 Å². The number of ether oxygens (including phenoxy) is 4. The van der Waals surface area contributed by atoms with Crippen LogP contribution in [-0.4, -0.2) is 50.1 Å². The molecule has 0 aliphatic carbocycles. The number of imide groups is 1. The Morgan fingerprint density at radius 1 is 0.721 bits per heavy atom. The van der Waals surface area contributed by atoms with Crippen LogP contribution in [0.4, 0.5) is 10.5 Å². The molecule has 1 fully saturated rings. The lowest BCUT2D eigenvalue weighted by Gasteiger charge is -2.28. The Morgan fingerprint density at radius 3 is 1.67 bits per heavy atom. The van der Waals surface area contributed by atoms with Gasteiger partial charge in [0.15, 0.2) is 5.54 Å². The maximum absolute atomic E-state index is 14.0. The SMILES string of the molecule is CCOc1ccc(Oc2ccc(NC(=O)CN3C(=O)NC(c4ccc(OC)cc4)(c4ccc(OC)cc4)C3=O)cc2)cc1. The van der Waals surface area contributed by atoms with Gasteiger partial charge in [-0.15, -0.1) is 0 Å². The molecule has 1 heterocycles. The quantitative estimate of drug-likeness (QED) is 0.230. The number of hydrogen-bond acceptors (Lipinski definition) is 7. The zero-order chi connectivity index (χ0) is 30.4. The van der Waals surface area contributed by atoms with Gasteiger partial charge in [0.05, 0.1) is 20.8 Å². The summed E-state index contributed by atoms with van der Waals surface area (Å²) in [5.41, 5.74) is -0.0335. The maximum atomic E-state index is 14.0. The molecule has 4 aromatic carbocycles. The van der Waals surface area contributed by atoms with Gasteiger partial charge in [0.25, 0.3) is 5.91 Å². The summed E-state index contributed by atoms with van der Waals surface area (Å²) >= 11 is 0. The van der Waals surface area contributed by atoms with Gasteiger partial charge in [-0.1, -0.05) is 24.3 Å². The molecule has 1 saturated heterocycles. The molecule has 4 amide bonds. The predicted molar refractivity (Wildman–Crippen MR) is 160 cm³/mol. The number of nitrogens with one attached hydrogen (secondary N) is 2. The minimum atomic E-state index is -1.55. The van der Waals surface area contributed by atoms with Crippen LogP contribution in [0.1, 0.15) is 18.1 Å². The van der Waals surface area contributed by atoms with Crippen molar-refractivity contribution in [2.24, 2.45) is 0 Å². The van der Waals surface area contributed by atoms with E-state index in [0.717, 1.165) is 10.6 Å². The van der Waals surface area contributed by atoms with E-state index in [1.54, 1.807) is 99.1 Å². The van der Waals surface area contributed by atoms with Gasteiger partial charge in [0, 0.05) is 5.69 Å². The smallest absolute Gasteiger partial charge is 0.326 e. The highest BCUT2D eigenvalue weighted by molar-refractivity contribution is 6.12. The van der Waals surface area contributed by atoms with Gasteiger partial charge in [-0.25, -0.2) is 4.79 Å². The molecular weight excluding hydrogens is 550 g/mol. The first-order valence-corrected chi connectivity index (χ1v) is 13.6. The number of carbonyl (C=O) groups excluding carboxylic acids is 3. The molecule has 10 heteroatoms. The lowest BCUT2D eigenvalue weighted by molar-refractivity contribution is -0.133. The monoisotopic (exact) mass is 581 g/mol. The van der Waals surface area contributed by atoms with Gasteiger partial charge in [-0.05, 0) is 90.8 Å². The van der Waals surface area contributed by atoms with Gasteiger partial charge in [0.2, 0.25) is 5.91 Å². The van der Waals surface area contributed by atoms with Crippen molar-refractivity contribution >= 4 is 23.5 Å². The number of nitrogens with zero attached hydrogens (tertiary/aromatic N) is 1. The van der Waals surface area contributed by atoms with Crippen LogP contribution >= 0.6 is 0 Å². The molecule has 0 bridgehead atoms. The number of carbonyl (C=O) groups is 3.